The third-order valence-electron chi connectivity index (χ3n) is 6.19. The van der Waals surface area contributed by atoms with Crippen molar-refractivity contribution < 1.29 is 4.79 Å². The number of hydrogen-bond donors (Lipinski definition) is 1. The Hall–Kier alpha value is -2.92. The summed E-state index contributed by atoms with van der Waals surface area (Å²) in [7, 11) is 0. The van der Waals surface area contributed by atoms with Crippen molar-refractivity contribution >= 4 is 45.5 Å². The van der Waals surface area contributed by atoms with Crippen LogP contribution in [0.25, 0.3) is 5.00 Å². The lowest BCUT2D eigenvalue weighted by molar-refractivity contribution is -0.121. The van der Waals surface area contributed by atoms with Crippen molar-refractivity contribution in [2.45, 2.75) is 39.7 Å². The molecule has 0 bridgehead atoms. The molecular formula is C26H25IN6OS. The number of pyridine rings is 1. The Morgan fingerprint density at radius 2 is 1.94 bits per heavy atom. The van der Waals surface area contributed by atoms with Crippen molar-refractivity contribution in [3.05, 3.63) is 91.1 Å². The number of aromatic nitrogens is 4. The van der Waals surface area contributed by atoms with Gasteiger partial charge in [-0.25, -0.2) is 0 Å². The van der Waals surface area contributed by atoms with Crippen molar-refractivity contribution in [3.63, 3.8) is 0 Å². The Labute approximate surface area is 221 Å². The van der Waals surface area contributed by atoms with Crippen molar-refractivity contribution in [1.29, 1.82) is 0 Å². The minimum atomic E-state index is -0.442. The minimum absolute atomic E-state index is 0.0602. The summed E-state index contributed by atoms with van der Waals surface area (Å²) >= 11 is 4.03. The zero-order valence-electron chi connectivity index (χ0n) is 19.7. The Balaban J connectivity index is 1.50. The monoisotopic (exact) mass is 596 g/mol. The van der Waals surface area contributed by atoms with Gasteiger partial charge in [0.05, 0.1) is 12.1 Å². The van der Waals surface area contributed by atoms with Gasteiger partial charge in [0.15, 0.2) is 5.82 Å². The molecule has 1 atom stereocenters. The van der Waals surface area contributed by atoms with Crippen LogP contribution in [0.4, 0.5) is 0 Å². The predicted octanol–water partition coefficient (Wildman–Crippen LogP) is 4.89. The van der Waals surface area contributed by atoms with Crippen molar-refractivity contribution in [1.82, 2.24) is 25.1 Å². The zero-order valence-corrected chi connectivity index (χ0v) is 22.7. The fourth-order valence-corrected chi connectivity index (χ4v) is 5.85. The summed E-state index contributed by atoms with van der Waals surface area (Å²) in [6.07, 6.45) is 4.50. The second-order valence-electron chi connectivity index (χ2n) is 8.57. The maximum Gasteiger partial charge on any atom is 0.222 e. The normalized spacial score (nSPS) is 14.6. The molecular weight excluding hydrogens is 571 g/mol. The first-order valence-corrected chi connectivity index (χ1v) is 13.3. The van der Waals surface area contributed by atoms with Crippen LogP contribution in [0.1, 0.15) is 51.2 Å². The van der Waals surface area contributed by atoms with E-state index in [9.17, 15) is 4.79 Å². The lowest BCUT2D eigenvalue weighted by atomic mass is 9.99. The molecule has 0 saturated heterocycles. The summed E-state index contributed by atoms with van der Waals surface area (Å²) in [5, 5.41) is 12.9. The van der Waals surface area contributed by atoms with Crippen molar-refractivity contribution in [2.75, 3.05) is 6.54 Å². The topological polar surface area (TPSA) is 85.1 Å². The summed E-state index contributed by atoms with van der Waals surface area (Å²) in [4.78, 5) is 23.5. The lowest BCUT2D eigenvalue weighted by Crippen LogP contribution is -2.27. The number of carbonyl (C=O) groups excluding carboxylic acids is 1. The number of nitrogens with one attached hydrogen (secondary N) is 1. The molecule has 1 unspecified atom stereocenters. The van der Waals surface area contributed by atoms with E-state index < -0.39 is 6.04 Å². The average molecular weight is 596 g/mol. The van der Waals surface area contributed by atoms with Gasteiger partial charge in [0.1, 0.15) is 16.9 Å². The molecule has 1 aliphatic rings. The van der Waals surface area contributed by atoms with E-state index in [4.69, 9.17) is 4.99 Å². The second-order valence-corrected chi connectivity index (χ2v) is 11.0. The van der Waals surface area contributed by atoms with Gasteiger partial charge in [-0.3, -0.25) is 19.3 Å². The van der Waals surface area contributed by atoms with Gasteiger partial charge in [-0.2, -0.15) is 0 Å². The molecule has 0 radical (unpaired) electrons. The molecule has 178 valence electrons. The molecule has 4 aromatic rings. The smallest absolute Gasteiger partial charge is 0.222 e. The van der Waals surface area contributed by atoms with Gasteiger partial charge in [0.25, 0.3) is 0 Å². The van der Waals surface area contributed by atoms with Gasteiger partial charge in [-0.1, -0.05) is 18.2 Å². The molecule has 0 fully saturated rings. The highest BCUT2D eigenvalue weighted by atomic mass is 127. The summed E-state index contributed by atoms with van der Waals surface area (Å²) in [5.41, 5.74) is 5.31. The zero-order chi connectivity index (χ0) is 24.5. The van der Waals surface area contributed by atoms with Crippen LogP contribution in [0.2, 0.25) is 0 Å². The Bertz CT molecular complexity index is 1410. The van der Waals surface area contributed by atoms with Gasteiger partial charge in [0, 0.05) is 38.5 Å². The molecule has 0 spiro atoms. The van der Waals surface area contributed by atoms with Crippen LogP contribution < -0.4 is 5.32 Å². The Kier molecular flexibility index (Phi) is 6.79. The molecule has 1 aromatic carbocycles. The van der Waals surface area contributed by atoms with E-state index in [0.717, 1.165) is 43.2 Å². The largest absolute Gasteiger partial charge is 0.356 e. The fourth-order valence-electron chi connectivity index (χ4n) is 4.27. The van der Waals surface area contributed by atoms with E-state index >= 15 is 0 Å². The molecule has 5 rings (SSSR count). The van der Waals surface area contributed by atoms with Gasteiger partial charge >= 0.3 is 0 Å². The number of aliphatic imine (C=N–C) groups is 1. The van der Waals surface area contributed by atoms with Crippen LogP contribution in [-0.2, 0) is 11.2 Å². The first kappa shape index (κ1) is 23.8. The molecule has 35 heavy (non-hydrogen) atoms. The van der Waals surface area contributed by atoms with Gasteiger partial charge < -0.3 is 5.32 Å². The van der Waals surface area contributed by atoms with E-state index in [0.29, 0.717) is 12.4 Å². The van der Waals surface area contributed by atoms with E-state index in [1.165, 1.54) is 10.4 Å². The number of amides is 1. The summed E-state index contributed by atoms with van der Waals surface area (Å²) in [5.74, 6) is 1.44. The maximum absolute atomic E-state index is 13.0. The first-order valence-electron chi connectivity index (χ1n) is 11.4. The summed E-state index contributed by atoms with van der Waals surface area (Å²) in [6, 6.07) is 11.8. The van der Waals surface area contributed by atoms with E-state index in [1.54, 1.807) is 17.5 Å². The molecule has 0 saturated carbocycles. The fraction of sp³-hybridized carbons (Fsp3) is 0.269. The van der Waals surface area contributed by atoms with Crippen LogP contribution in [0.5, 0.6) is 0 Å². The highest BCUT2D eigenvalue weighted by Crippen LogP contribution is 2.39. The molecule has 7 nitrogen and oxygen atoms in total. The molecule has 3 aromatic heterocycles. The number of halogens is 1. The van der Waals surface area contributed by atoms with E-state index in [-0.39, 0.29) is 12.3 Å². The van der Waals surface area contributed by atoms with Gasteiger partial charge in [-0.05, 0) is 79.1 Å². The van der Waals surface area contributed by atoms with E-state index in [1.807, 2.05) is 25.3 Å². The minimum Gasteiger partial charge on any atom is -0.356 e. The quantitative estimate of drug-likeness (QED) is 0.321. The number of fused-ring (bicyclic) bond motifs is 3. The van der Waals surface area contributed by atoms with Crippen LogP contribution in [0, 0.1) is 24.3 Å². The number of thiophene rings is 1. The highest BCUT2D eigenvalue weighted by molar-refractivity contribution is 14.1. The Morgan fingerprint density at radius 1 is 1.14 bits per heavy atom. The van der Waals surface area contributed by atoms with Crippen LogP contribution in [0.3, 0.4) is 0 Å². The second kappa shape index (κ2) is 9.98. The summed E-state index contributed by atoms with van der Waals surface area (Å²) in [6.45, 7) is 6.76. The van der Waals surface area contributed by atoms with Gasteiger partial charge in [-0.15, -0.1) is 21.5 Å². The number of nitrogens with zero attached hydrogens (tertiary/aromatic N) is 5. The standard InChI is InChI=1S/C26H25IN6OS/c1-15-16(2)35-26-23(15)24(19-6-8-20(27)9-7-19)30-21(25-32-31-17(3)33(25)26)13-22(34)29-12-10-18-5-4-11-28-14-18/h4-9,11,14,21H,10,12-13H2,1-3H3,(H,29,34). The van der Waals surface area contributed by atoms with Crippen molar-refractivity contribution in [2.24, 2.45) is 4.99 Å². The first-order chi connectivity index (χ1) is 16.9. The molecule has 9 heteroatoms. The number of rotatable bonds is 6. The SMILES string of the molecule is Cc1sc2c(c1C)C(c1ccc(I)cc1)=NC(CC(=O)NCCc1cccnc1)c1nnc(C)n1-2. The van der Waals surface area contributed by atoms with Gasteiger partial charge in [0.2, 0.25) is 5.91 Å². The predicted molar refractivity (Wildman–Crippen MR) is 147 cm³/mol. The number of benzene rings is 1. The highest BCUT2D eigenvalue weighted by Gasteiger charge is 2.32. The number of carbonyl (C=O) groups is 1. The molecule has 1 amide bonds. The third-order valence-corrected chi connectivity index (χ3v) is 8.11. The maximum atomic E-state index is 13.0. The summed E-state index contributed by atoms with van der Waals surface area (Å²) < 4.78 is 3.24. The van der Waals surface area contributed by atoms with Crippen LogP contribution in [0.15, 0.2) is 53.8 Å². The van der Waals surface area contributed by atoms with E-state index in [2.05, 4.69) is 85.8 Å². The average Bonchev–Trinajstić information content (AvgIpc) is 3.32. The molecule has 1 N–H and O–H groups in total. The lowest BCUT2D eigenvalue weighted by Gasteiger charge is -2.13. The van der Waals surface area contributed by atoms with Crippen molar-refractivity contribution in [3.8, 4) is 5.00 Å². The van der Waals surface area contributed by atoms with Crippen LogP contribution >= 0.6 is 33.9 Å². The Morgan fingerprint density at radius 3 is 2.69 bits per heavy atom. The number of hydrogen-bond acceptors (Lipinski definition) is 6. The molecule has 0 aliphatic carbocycles. The molecule has 1 aliphatic heterocycles. The molecule has 4 heterocycles. The van der Waals surface area contributed by atoms with Crippen LogP contribution in [-0.4, -0.2) is 37.9 Å². The third kappa shape index (κ3) is 4.79. The number of aryl methyl sites for hydroxylation is 2.